The van der Waals surface area contributed by atoms with Crippen LogP contribution in [0.4, 0.5) is 0 Å². The van der Waals surface area contributed by atoms with Crippen molar-refractivity contribution in [3.63, 3.8) is 0 Å². The molecule has 0 bridgehead atoms. The van der Waals surface area contributed by atoms with E-state index in [1.165, 1.54) is 25.4 Å². The number of methoxy groups -OCH3 is 1. The van der Waals surface area contributed by atoms with Crippen molar-refractivity contribution in [1.82, 2.24) is 20.1 Å². The Morgan fingerprint density at radius 1 is 1.08 bits per heavy atom. The van der Waals surface area contributed by atoms with Crippen LogP contribution in [-0.4, -0.2) is 90.2 Å². The van der Waals surface area contributed by atoms with Gasteiger partial charge in [0.05, 0.1) is 24.5 Å². The molecule has 2 aliphatic rings. The third kappa shape index (κ3) is 10.7. The molecule has 1 saturated carbocycles. The Hall–Kier alpha value is -3.64. The van der Waals surface area contributed by atoms with Crippen molar-refractivity contribution in [2.45, 2.75) is 117 Å². The van der Waals surface area contributed by atoms with E-state index in [4.69, 9.17) is 9.47 Å². The number of hydrogen-bond donors (Lipinski definition) is 1. The van der Waals surface area contributed by atoms with Gasteiger partial charge in [-0.25, -0.2) is 4.98 Å². The van der Waals surface area contributed by atoms with Gasteiger partial charge in [-0.3, -0.25) is 28.9 Å². The molecule has 2 aromatic rings. The maximum absolute atomic E-state index is 14.1. The highest BCUT2D eigenvalue weighted by Gasteiger charge is 2.54. The second-order valence-corrected chi connectivity index (χ2v) is 16.0. The van der Waals surface area contributed by atoms with Gasteiger partial charge in [-0.1, -0.05) is 57.0 Å². The molecule has 4 rings (SSSR count). The Bertz CT molecular complexity index is 1540. The number of esters is 2. The number of carbonyl (C=O) groups excluding carboxylic acids is 5. The number of likely N-dealkylation sites (N-methyl/N-ethyl adjacent to an activating group) is 1. The van der Waals surface area contributed by atoms with Crippen molar-refractivity contribution in [2.24, 2.45) is 17.3 Å². The summed E-state index contributed by atoms with van der Waals surface area (Å²) in [7, 11) is 5.11. The van der Waals surface area contributed by atoms with E-state index in [2.05, 4.69) is 15.2 Å². The monoisotopic (exact) mass is 724 g/mol. The van der Waals surface area contributed by atoms with Crippen LogP contribution in [0.1, 0.15) is 112 Å². The second-order valence-electron chi connectivity index (χ2n) is 15.1. The van der Waals surface area contributed by atoms with Crippen molar-refractivity contribution in [3.8, 4) is 0 Å². The first kappa shape index (κ1) is 40.1. The summed E-state index contributed by atoms with van der Waals surface area (Å²) in [6.45, 7) is 10.0. The molecule has 280 valence electrons. The topological polar surface area (TPSA) is 135 Å². The maximum Gasteiger partial charge on any atom is 0.308 e. The zero-order valence-electron chi connectivity index (χ0n) is 31.5. The van der Waals surface area contributed by atoms with Crippen LogP contribution in [0, 0.1) is 24.2 Å². The molecule has 1 aliphatic carbocycles. The normalized spacial score (nSPS) is 19.4. The summed E-state index contributed by atoms with van der Waals surface area (Å²) < 4.78 is 10.7. The van der Waals surface area contributed by atoms with Crippen molar-refractivity contribution < 1.29 is 33.4 Å². The van der Waals surface area contributed by atoms with Crippen molar-refractivity contribution in [2.75, 3.05) is 27.7 Å². The summed E-state index contributed by atoms with van der Waals surface area (Å²) in [5, 5.41) is 5.16. The van der Waals surface area contributed by atoms with Gasteiger partial charge in [0.15, 0.2) is 11.9 Å². The number of ether oxygens (including phenoxy) is 2. The molecule has 5 atom stereocenters. The van der Waals surface area contributed by atoms with Gasteiger partial charge in [-0.05, 0) is 70.5 Å². The maximum atomic E-state index is 14.1. The van der Waals surface area contributed by atoms with Crippen LogP contribution in [0.2, 0.25) is 0 Å². The van der Waals surface area contributed by atoms with E-state index in [0.29, 0.717) is 30.7 Å². The summed E-state index contributed by atoms with van der Waals surface area (Å²) in [6, 6.07) is 7.22. The van der Waals surface area contributed by atoms with Gasteiger partial charge in [0.1, 0.15) is 10.7 Å². The highest BCUT2D eigenvalue weighted by atomic mass is 32.1. The van der Waals surface area contributed by atoms with E-state index in [1.807, 2.05) is 52.1 Å². The van der Waals surface area contributed by atoms with Crippen LogP contribution >= 0.6 is 11.3 Å². The predicted molar refractivity (Wildman–Crippen MR) is 196 cm³/mol. The number of thiazole rings is 1. The van der Waals surface area contributed by atoms with Crippen LogP contribution in [0.5, 0.6) is 0 Å². The minimum atomic E-state index is -0.785. The quantitative estimate of drug-likeness (QED) is 0.204. The van der Waals surface area contributed by atoms with Gasteiger partial charge < -0.3 is 19.7 Å². The van der Waals surface area contributed by atoms with Gasteiger partial charge in [0.2, 0.25) is 5.91 Å². The minimum absolute atomic E-state index is 0.00931. The second kappa shape index (κ2) is 17.7. The van der Waals surface area contributed by atoms with Crippen LogP contribution in [0.3, 0.4) is 0 Å². The van der Waals surface area contributed by atoms with Crippen LogP contribution in [0.25, 0.3) is 0 Å². The van der Waals surface area contributed by atoms with Gasteiger partial charge in [-0.15, -0.1) is 11.3 Å². The van der Waals surface area contributed by atoms with E-state index in [9.17, 15) is 24.0 Å². The molecule has 2 amide bonds. The molecule has 0 spiro atoms. The molecule has 1 N–H and O–H groups in total. The van der Waals surface area contributed by atoms with Gasteiger partial charge >= 0.3 is 11.9 Å². The largest absolute Gasteiger partial charge is 0.469 e. The first-order chi connectivity index (χ1) is 24.1. The number of nitrogens with zero attached hydrogens (tertiary/aromatic N) is 3. The average molecular weight is 725 g/mol. The van der Waals surface area contributed by atoms with Gasteiger partial charge in [0.25, 0.3) is 5.91 Å². The number of aryl methyl sites for hydroxylation is 1. The Balaban J connectivity index is 1.48. The number of carbonyl (C=O) groups is 5. The third-order valence-electron chi connectivity index (χ3n) is 10.5. The summed E-state index contributed by atoms with van der Waals surface area (Å²) >= 11 is 1.22. The highest BCUT2D eigenvalue weighted by Crippen LogP contribution is 2.51. The fourth-order valence-corrected chi connectivity index (χ4v) is 8.14. The molecule has 1 saturated heterocycles. The van der Waals surface area contributed by atoms with E-state index < -0.39 is 29.3 Å². The smallest absolute Gasteiger partial charge is 0.308 e. The molecule has 2 fully saturated rings. The van der Waals surface area contributed by atoms with Gasteiger partial charge in [-0.2, -0.15) is 0 Å². The van der Waals surface area contributed by atoms with Gasteiger partial charge in [0, 0.05) is 44.3 Å². The van der Waals surface area contributed by atoms with Crippen molar-refractivity contribution in [1.29, 1.82) is 0 Å². The number of nitrogens with one attached hydrogen (secondary N) is 1. The fourth-order valence-electron chi connectivity index (χ4n) is 7.30. The zero-order chi connectivity index (χ0) is 37.5. The standard InChI is InChI=1S/C39H56N4O7S/c1-24(2)32(43(7)38(48)39(16-17-39)22-33(45)31-11-9-10-18-42(31)6)21-34(50-27(5)44)36-41-30(23-51-36)35(46)40-29(19-26(4)37(47)49-8)20-28-14-12-25(3)13-15-28/h12-15,23-24,26,29,31-32,34H,9-11,16-22H2,1-8H3,(H,40,46)/t26-,29+,31+,32+,34+/m0/s1. The molecule has 12 heteroatoms. The molecule has 2 heterocycles. The SMILES string of the molecule is COC(=O)[C@@H](C)C[C@H](Cc1ccc(C)cc1)NC(=O)c1csc([C@@H](C[C@H](C(C)C)N(C)C(=O)C2(CC(=O)[C@H]3CCCCN3C)CC2)OC(C)=O)n1. The number of benzene rings is 1. The number of aromatic nitrogens is 1. The molecule has 51 heavy (non-hydrogen) atoms. The number of hydrogen-bond acceptors (Lipinski definition) is 10. The Morgan fingerprint density at radius 2 is 1.76 bits per heavy atom. The molecule has 1 aliphatic heterocycles. The molecule has 0 unspecified atom stereocenters. The summed E-state index contributed by atoms with van der Waals surface area (Å²) in [5.74, 6) is -1.57. The number of Topliss-reactive ketones (excluding diaryl/α,β-unsaturated/α-hetero) is 1. The average Bonchev–Trinajstić information content (AvgIpc) is 3.69. The van der Waals surface area contributed by atoms with E-state index >= 15 is 0 Å². The van der Waals surface area contributed by atoms with Crippen molar-refractivity contribution in [3.05, 3.63) is 51.5 Å². The molecule has 1 aromatic heterocycles. The number of rotatable bonds is 17. The lowest BCUT2D eigenvalue weighted by atomic mass is 9.88. The summed E-state index contributed by atoms with van der Waals surface area (Å²) in [4.78, 5) is 74.1. The molecular formula is C39H56N4O7S. The number of likely N-dealkylation sites (tertiary alicyclic amines) is 1. The van der Waals surface area contributed by atoms with Crippen LogP contribution in [-0.2, 0) is 35.1 Å². The highest BCUT2D eigenvalue weighted by molar-refractivity contribution is 7.09. The van der Waals surface area contributed by atoms with Crippen LogP contribution in [0.15, 0.2) is 29.6 Å². The molecule has 0 radical (unpaired) electrons. The lowest BCUT2D eigenvalue weighted by Crippen LogP contribution is -2.47. The predicted octanol–water partition coefficient (Wildman–Crippen LogP) is 5.69. The lowest BCUT2D eigenvalue weighted by Gasteiger charge is -2.36. The minimum Gasteiger partial charge on any atom is -0.469 e. The Labute approximate surface area is 306 Å². The van der Waals surface area contributed by atoms with E-state index in [-0.39, 0.29) is 60.2 Å². The molecular weight excluding hydrogens is 669 g/mol. The number of piperidine rings is 1. The van der Waals surface area contributed by atoms with E-state index in [0.717, 1.165) is 36.9 Å². The Morgan fingerprint density at radius 3 is 2.35 bits per heavy atom. The Kier molecular flexibility index (Phi) is 13.9. The lowest BCUT2D eigenvalue weighted by molar-refractivity contribution is -0.149. The number of amides is 2. The van der Waals surface area contributed by atoms with E-state index in [1.54, 1.807) is 24.3 Å². The summed E-state index contributed by atoms with van der Waals surface area (Å²) in [5.41, 5.74) is 1.65. The molecule has 1 aromatic carbocycles. The van der Waals surface area contributed by atoms with Crippen molar-refractivity contribution >= 4 is 40.9 Å². The van der Waals surface area contributed by atoms with Crippen LogP contribution < -0.4 is 5.32 Å². The first-order valence-corrected chi connectivity index (χ1v) is 19.1. The third-order valence-corrected chi connectivity index (χ3v) is 11.5. The molecule has 11 nitrogen and oxygen atoms in total. The zero-order valence-corrected chi connectivity index (χ0v) is 32.3. The summed E-state index contributed by atoms with van der Waals surface area (Å²) in [6.07, 6.45) is 4.96. The first-order valence-electron chi connectivity index (χ1n) is 18.2. The fraction of sp³-hybridized carbons (Fsp3) is 0.641. The number of ketones is 1.